The van der Waals surface area contributed by atoms with Gasteiger partial charge < -0.3 is 37.5 Å². The molecule has 0 saturated heterocycles. The Bertz CT molecular complexity index is 680. The first-order valence-corrected chi connectivity index (χ1v) is 9.27. The van der Waals surface area contributed by atoms with E-state index >= 15 is 0 Å². The van der Waals surface area contributed by atoms with Gasteiger partial charge in [0.15, 0.2) is 0 Å². The van der Waals surface area contributed by atoms with E-state index in [0.29, 0.717) is 25.1 Å². The fourth-order valence-electron chi connectivity index (χ4n) is 2.41. The van der Waals surface area contributed by atoms with E-state index < -0.39 is 41.8 Å². The van der Waals surface area contributed by atoms with Crippen LogP contribution >= 0.6 is 0 Å². The maximum Gasteiger partial charge on any atom is 0.325 e. The summed E-state index contributed by atoms with van der Waals surface area (Å²) in [6, 6.07) is -2.91. The van der Waals surface area contributed by atoms with Crippen molar-refractivity contribution in [2.75, 3.05) is 13.1 Å². The second kappa shape index (κ2) is 12.5. The summed E-state index contributed by atoms with van der Waals surface area (Å²) >= 11 is 0. The maximum absolute atomic E-state index is 12.3. The number of carboxylic acids is 1. The molecule has 0 aliphatic rings. The SMILES string of the molecule is C[C@H](NC(=O)[C@H](CCCCN)NC(=O)CNC(=O)[C@@H](N)Cc1cnc[nH]1)C(=O)O. The Morgan fingerprint density at radius 2 is 1.93 bits per heavy atom. The Kier molecular flexibility index (Phi) is 10.3. The van der Waals surface area contributed by atoms with Gasteiger partial charge in [-0.1, -0.05) is 0 Å². The minimum absolute atomic E-state index is 0.227. The number of hydrogen-bond acceptors (Lipinski definition) is 7. The van der Waals surface area contributed by atoms with E-state index in [1.54, 1.807) is 6.20 Å². The lowest BCUT2D eigenvalue weighted by Gasteiger charge is -2.20. The Labute approximate surface area is 168 Å². The van der Waals surface area contributed by atoms with Crippen LogP contribution in [0.2, 0.25) is 0 Å². The van der Waals surface area contributed by atoms with Crippen LogP contribution in [-0.4, -0.2) is 70.0 Å². The lowest BCUT2D eigenvalue weighted by atomic mass is 10.1. The van der Waals surface area contributed by atoms with Crippen LogP contribution in [0.4, 0.5) is 0 Å². The predicted molar refractivity (Wildman–Crippen MR) is 103 cm³/mol. The molecular formula is C17H29N7O5. The lowest BCUT2D eigenvalue weighted by molar-refractivity contribution is -0.141. The van der Waals surface area contributed by atoms with E-state index in [-0.39, 0.29) is 19.4 Å². The molecule has 29 heavy (non-hydrogen) atoms. The third kappa shape index (κ3) is 9.17. The Hall–Kier alpha value is -2.99. The van der Waals surface area contributed by atoms with Crippen LogP contribution in [-0.2, 0) is 25.6 Å². The van der Waals surface area contributed by atoms with Gasteiger partial charge in [0.05, 0.1) is 18.9 Å². The molecule has 0 aliphatic heterocycles. The Balaban J connectivity index is 2.53. The number of carboxylic acid groups (broad SMARTS) is 1. The average Bonchev–Trinajstić information content (AvgIpc) is 3.18. The summed E-state index contributed by atoms with van der Waals surface area (Å²) in [5.41, 5.74) is 11.9. The van der Waals surface area contributed by atoms with Gasteiger partial charge in [-0.25, -0.2) is 4.98 Å². The molecule has 0 spiro atoms. The number of hydrogen-bond donors (Lipinski definition) is 7. The van der Waals surface area contributed by atoms with Crippen molar-refractivity contribution in [1.29, 1.82) is 0 Å². The number of nitrogens with one attached hydrogen (secondary N) is 4. The number of nitrogens with two attached hydrogens (primary N) is 2. The van der Waals surface area contributed by atoms with Gasteiger partial charge in [-0.05, 0) is 32.7 Å². The number of aromatic nitrogens is 2. The molecule has 0 saturated carbocycles. The number of nitrogens with zero attached hydrogens (tertiary/aromatic N) is 1. The van der Waals surface area contributed by atoms with E-state index in [9.17, 15) is 19.2 Å². The minimum Gasteiger partial charge on any atom is -0.480 e. The Morgan fingerprint density at radius 3 is 2.52 bits per heavy atom. The number of amides is 3. The molecule has 162 valence electrons. The number of carbonyl (C=O) groups excluding carboxylic acids is 3. The van der Waals surface area contributed by atoms with Crippen LogP contribution in [0, 0.1) is 0 Å². The number of rotatable bonds is 13. The first-order valence-electron chi connectivity index (χ1n) is 9.27. The highest BCUT2D eigenvalue weighted by Crippen LogP contribution is 2.02. The molecular weight excluding hydrogens is 382 g/mol. The van der Waals surface area contributed by atoms with E-state index in [0.717, 1.165) is 0 Å². The summed E-state index contributed by atoms with van der Waals surface area (Å²) in [6.07, 6.45) is 4.74. The quantitative estimate of drug-likeness (QED) is 0.174. The molecule has 12 nitrogen and oxygen atoms in total. The molecule has 1 aromatic heterocycles. The largest absolute Gasteiger partial charge is 0.480 e. The van der Waals surface area contributed by atoms with Crippen LogP contribution in [0.1, 0.15) is 31.9 Å². The van der Waals surface area contributed by atoms with Gasteiger partial charge in [-0.3, -0.25) is 19.2 Å². The molecule has 0 fully saturated rings. The van der Waals surface area contributed by atoms with Crippen molar-refractivity contribution in [2.45, 2.75) is 50.7 Å². The number of unbranched alkanes of at least 4 members (excludes halogenated alkanes) is 1. The third-order valence-corrected chi connectivity index (χ3v) is 4.08. The lowest BCUT2D eigenvalue weighted by Crippen LogP contribution is -2.53. The van der Waals surface area contributed by atoms with Crippen molar-refractivity contribution in [3.63, 3.8) is 0 Å². The van der Waals surface area contributed by atoms with Gasteiger partial charge in [0.25, 0.3) is 0 Å². The maximum atomic E-state index is 12.3. The van der Waals surface area contributed by atoms with Crippen molar-refractivity contribution < 1.29 is 24.3 Å². The number of imidazole rings is 1. The van der Waals surface area contributed by atoms with Gasteiger partial charge in [-0.2, -0.15) is 0 Å². The summed E-state index contributed by atoms with van der Waals surface area (Å²) in [4.78, 5) is 54.0. The summed E-state index contributed by atoms with van der Waals surface area (Å²) in [5.74, 6) is -2.93. The number of aliphatic carboxylic acids is 1. The molecule has 3 amide bonds. The molecule has 9 N–H and O–H groups in total. The van der Waals surface area contributed by atoms with Gasteiger partial charge in [0.2, 0.25) is 17.7 Å². The molecule has 3 atom stereocenters. The van der Waals surface area contributed by atoms with E-state index in [4.69, 9.17) is 16.6 Å². The van der Waals surface area contributed by atoms with Crippen molar-refractivity contribution in [3.8, 4) is 0 Å². The average molecular weight is 411 g/mol. The van der Waals surface area contributed by atoms with Crippen LogP contribution in [0.5, 0.6) is 0 Å². The van der Waals surface area contributed by atoms with Crippen LogP contribution in [0.25, 0.3) is 0 Å². The first-order chi connectivity index (χ1) is 13.7. The molecule has 0 radical (unpaired) electrons. The molecule has 0 bridgehead atoms. The first kappa shape index (κ1) is 24.0. The van der Waals surface area contributed by atoms with Crippen LogP contribution in [0.15, 0.2) is 12.5 Å². The monoisotopic (exact) mass is 411 g/mol. The highest BCUT2D eigenvalue weighted by atomic mass is 16.4. The normalized spacial score (nSPS) is 13.8. The third-order valence-electron chi connectivity index (χ3n) is 4.08. The fourth-order valence-corrected chi connectivity index (χ4v) is 2.41. The second-order valence-corrected chi connectivity index (χ2v) is 6.58. The minimum atomic E-state index is -1.19. The van der Waals surface area contributed by atoms with Crippen LogP contribution < -0.4 is 27.4 Å². The summed E-state index contributed by atoms with van der Waals surface area (Å²) in [6.45, 7) is 1.38. The molecule has 0 aromatic carbocycles. The standard InChI is InChI=1S/C17H29N7O5/c1-10(17(28)29)23-16(27)13(4-2-3-5-18)24-14(25)8-21-15(26)12(19)6-11-7-20-9-22-11/h7,9-10,12-13H,2-6,8,18-19H2,1H3,(H,20,22)(H,21,26)(H,23,27)(H,24,25)(H,28,29)/t10-,12-,13-/m0/s1. The zero-order chi connectivity index (χ0) is 21.8. The summed E-state index contributed by atoms with van der Waals surface area (Å²) in [7, 11) is 0. The van der Waals surface area contributed by atoms with Gasteiger partial charge in [-0.15, -0.1) is 0 Å². The van der Waals surface area contributed by atoms with Crippen LogP contribution in [0.3, 0.4) is 0 Å². The molecule has 1 heterocycles. The van der Waals surface area contributed by atoms with E-state index in [2.05, 4.69) is 25.9 Å². The van der Waals surface area contributed by atoms with Gasteiger partial charge >= 0.3 is 5.97 Å². The van der Waals surface area contributed by atoms with E-state index in [1.165, 1.54) is 13.3 Å². The van der Waals surface area contributed by atoms with Crippen molar-refractivity contribution in [3.05, 3.63) is 18.2 Å². The highest BCUT2D eigenvalue weighted by molar-refractivity contribution is 5.92. The predicted octanol–water partition coefficient (Wildman–Crippen LogP) is -2.40. The number of aromatic amines is 1. The van der Waals surface area contributed by atoms with Crippen molar-refractivity contribution in [1.82, 2.24) is 25.9 Å². The molecule has 1 aromatic rings. The van der Waals surface area contributed by atoms with E-state index in [1.807, 2.05) is 0 Å². The summed E-state index contributed by atoms with van der Waals surface area (Å²) in [5, 5.41) is 16.1. The smallest absolute Gasteiger partial charge is 0.325 e. The molecule has 1 rings (SSSR count). The molecule has 12 heteroatoms. The van der Waals surface area contributed by atoms with Crippen molar-refractivity contribution in [2.24, 2.45) is 11.5 Å². The highest BCUT2D eigenvalue weighted by Gasteiger charge is 2.24. The van der Waals surface area contributed by atoms with Gasteiger partial charge in [0, 0.05) is 18.3 Å². The molecule has 0 unspecified atom stereocenters. The number of H-pyrrole nitrogens is 1. The van der Waals surface area contributed by atoms with Gasteiger partial charge in [0.1, 0.15) is 12.1 Å². The van der Waals surface area contributed by atoms with Crippen molar-refractivity contribution >= 4 is 23.7 Å². The molecule has 0 aliphatic carbocycles. The topological polar surface area (TPSA) is 205 Å². The Morgan fingerprint density at radius 1 is 1.21 bits per heavy atom. The fraction of sp³-hybridized carbons (Fsp3) is 0.588. The zero-order valence-corrected chi connectivity index (χ0v) is 16.3. The second-order valence-electron chi connectivity index (χ2n) is 6.58. The number of carbonyl (C=O) groups is 4. The summed E-state index contributed by atoms with van der Waals surface area (Å²) < 4.78 is 0. The zero-order valence-electron chi connectivity index (χ0n) is 16.3.